The molecule has 1 aliphatic heterocycles. The number of aromatic nitrogens is 2. The van der Waals surface area contributed by atoms with E-state index in [1.165, 1.54) is 0 Å². The van der Waals surface area contributed by atoms with Gasteiger partial charge >= 0.3 is 0 Å². The van der Waals surface area contributed by atoms with Crippen LogP contribution in [0.25, 0.3) is 28.7 Å². The Morgan fingerprint density at radius 3 is 2.61 bits per heavy atom. The number of halogens is 1. The summed E-state index contributed by atoms with van der Waals surface area (Å²) in [7, 11) is 1.61. The number of rotatable bonds is 4. The summed E-state index contributed by atoms with van der Waals surface area (Å²) < 4.78 is 18.7. The van der Waals surface area contributed by atoms with E-state index in [-0.39, 0.29) is 12.4 Å². The predicted molar refractivity (Wildman–Crippen MR) is 128 cm³/mol. The molecule has 0 saturated carbocycles. The van der Waals surface area contributed by atoms with Crippen LogP contribution in [0.4, 0.5) is 0 Å². The van der Waals surface area contributed by atoms with Crippen LogP contribution in [0.15, 0.2) is 65.5 Å². The van der Waals surface area contributed by atoms with Gasteiger partial charge in [-0.2, -0.15) is 0 Å². The quantitative estimate of drug-likeness (QED) is 0.356. The molecule has 2 heterocycles. The largest absolute Gasteiger partial charge is 0.497 e. The highest BCUT2D eigenvalue weighted by molar-refractivity contribution is 14.1. The molecule has 4 aromatic rings. The van der Waals surface area contributed by atoms with E-state index in [2.05, 4.69) is 22.6 Å². The van der Waals surface area contributed by atoms with Crippen molar-refractivity contribution in [3.8, 4) is 22.9 Å². The Bertz CT molecular complexity index is 1380. The normalized spacial score (nSPS) is 12.6. The highest BCUT2D eigenvalue weighted by atomic mass is 127. The van der Waals surface area contributed by atoms with Crippen LogP contribution in [0.2, 0.25) is 0 Å². The monoisotopic (exact) mass is 524 g/mol. The van der Waals surface area contributed by atoms with Gasteiger partial charge in [-0.15, -0.1) is 0 Å². The minimum absolute atomic E-state index is 0.126. The SMILES string of the molecule is COc1ccc(-n2c(C=Cc3ccc4c(c3)OCO4)nc3ccc(I)cc3c2=O)cc1. The molecule has 0 spiro atoms. The second-order valence-electron chi connectivity index (χ2n) is 6.92. The molecule has 0 amide bonds. The van der Waals surface area contributed by atoms with Gasteiger partial charge in [0.2, 0.25) is 6.79 Å². The molecule has 1 aliphatic rings. The maximum Gasteiger partial charge on any atom is 0.266 e. The number of nitrogens with zero attached hydrogens (tertiary/aromatic N) is 2. The maximum atomic E-state index is 13.4. The summed E-state index contributed by atoms with van der Waals surface area (Å²) in [4.78, 5) is 18.2. The molecule has 0 radical (unpaired) electrons. The van der Waals surface area contributed by atoms with E-state index in [0.717, 1.165) is 20.6 Å². The molecule has 0 saturated heterocycles. The minimum Gasteiger partial charge on any atom is -0.497 e. The average molecular weight is 524 g/mol. The van der Waals surface area contributed by atoms with Gasteiger partial charge in [-0.05, 0) is 88.8 Å². The van der Waals surface area contributed by atoms with Gasteiger partial charge in [-0.1, -0.05) is 12.1 Å². The van der Waals surface area contributed by atoms with E-state index in [1.807, 2.05) is 72.8 Å². The molecule has 1 aromatic heterocycles. The van der Waals surface area contributed by atoms with E-state index < -0.39 is 0 Å². The first-order valence-corrected chi connectivity index (χ1v) is 10.6. The van der Waals surface area contributed by atoms with Gasteiger partial charge in [-0.3, -0.25) is 9.36 Å². The molecule has 7 heteroatoms. The molecule has 0 unspecified atom stereocenters. The molecule has 31 heavy (non-hydrogen) atoms. The number of hydrogen-bond acceptors (Lipinski definition) is 5. The van der Waals surface area contributed by atoms with E-state index in [1.54, 1.807) is 11.7 Å². The van der Waals surface area contributed by atoms with Crippen LogP contribution >= 0.6 is 22.6 Å². The average Bonchev–Trinajstić information content (AvgIpc) is 3.26. The lowest BCUT2D eigenvalue weighted by atomic mass is 10.1. The number of ether oxygens (including phenoxy) is 3. The van der Waals surface area contributed by atoms with Gasteiger partial charge in [0.25, 0.3) is 5.56 Å². The van der Waals surface area contributed by atoms with Gasteiger partial charge in [0.1, 0.15) is 11.6 Å². The van der Waals surface area contributed by atoms with Gasteiger partial charge in [0.15, 0.2) is 11.5 Å². The molecular weight excluding hydrogens is 507 g/mol. The second kappa shape index (κ2) is 8.07. The third-order valence-electron chi connectivity index (χ3n) is 5.01. The zero-order valence-corrected chi connectivity index (χ0v) is 18.7. The first-order valence-electron chi connectivity index (χ1n) is 9.57. The molecule has 3 aromatic carbocycles. The Labute approximate surface area is 191 Å². The first-order chi connectivity index (χ1) is 15.1. The van der Waals surface area contributed by atoms with Crippen LogP contribution in [0.3, 0.4) is 0 Å². The summed E-state index contributed by atoms with van der Waals surface area (Å²) in [6, 6.07) is 18.7. The van der Waals surface area contributed by atoms with Crippen molar-refractivity contribution in [3.05, 3.63) is 86.0 Å². The van der Waals surface area contributed by atoms with Crippen molar-refractivity contribution in [3.63, 3.8) is 0 Å². The zero-order chi connectivity index (χ0) is 21.4. The van der Waals surface area contributed by atoms with Crippen LogP contribution in [-0.4, -0.2) is 23.5 Å². The van der Waals surface area contributed by atoms with E-state index in [0.29, 0.717) is 28.2 Å². The van der Waals surface area contributed by atoms with Gasteiger partial charge in [0.05, 0.1) is 23.7 Å². The molecule has 5 rings (SSSR count). The fourth-order valence-corrected chi connectivity index (χ4v) is 3.95. The number of hydrogen-bond donors (Lipinski definition) is 0. The van der Waals surface area contributed by atoms with Crippen molar-refractivity contribution >= 4 is 45.6 Å². The highest BCUT2D eigenvalue weighted by Crippen LogP contribution is 2.33. The Morgan fingerprint density at radius 2 is 1.81 bits per heavy atom. The molecule has 6 nitrogen and oxygen atoms in total. The van der Waals surface area contributed by atoms with Gasteiger partial charge in [-0.25, -0.2) is 4.98 Å². The second-order valence-corrected chi connectivity index (χ2v) is 8.16. The molecule has 154 valence electrons. The summed E-state index contributed by atoms with van der Waals surface area (Å²) in [5, 5.41) is 0.572. The highest BCUT2D eigenvalue weighted by Gasteiger charge is 2.14. The Hall–Kier alpha value is -3.33. The van der Waals surface area contributed by atoms with Crippen LogP contribution in [0.1, 0.15) is 11.4 Å². The van der Waals surface area contributed by atoms with Crippen molar-refractivity contribution < 1.29 is 14.2 Å². The van der Waals surface area contributed by atoms with Crippen molar-refractivity contribution in [2.75, 3.05) is 13.9 Å². The standard InChI is InChI=1S/C24H17IN2O4/c1-29-18-7-5-17(6-8-18)27-23(26-20-9-4-16(25)13-19(20)24(27)28)11-3-15-2-10-21-22(12-15)31-14-30-21/h2-13H,14H2,1H3. The van der Waals surface area contributed by atoms with Gasteiger partial charge < -0.3 is 14.2 Å². The van der Waals surface area contributed by atoms with E-state index in [4.69, 9.17) is 19.2 Å². The summed E-state index contributed by atoms with van der Waals surface area (Å²) in [5.74, 6) is 2.68. The molecular formula is C24H17IN2O4. The third-order valence-corrected chi connectivity index (χ3v) is 5.68. The molecule has 0 aliphatic carbocycles. The Morgan fingerprint density at radius 1 is 1.00 bits per heavy atom. The smallest absolute Gasteiger partial charge is 0.266 e. The van der Waals surface area contributed by atoms with Gasteiger partial charge in [0, 0.05) is 3.57 Å². The summed E-state index contributed by atoms with van der Waals surface area (Å²) >= 11 is 2.20. The lowest BCUT2D eigenvalue weighted by Gasteiger charge is -2.12. The van der Waals surface area contributed by atoms with Crippen molar-refractivity contribution in [2.45, 2.75) is 0 Å². The third kappa shape index (κ3) is 3.76. The minimum atomic E-state index is -0.126. The summed E-state index contributed by atoms with van der Waals surface area (Å²) in [6.07, 6.45) is 3.74. The summed E-state index contributed by atoms with van der Waals surface area (Å²) in [6.45, 7) is 0.227. The zero-order valence-electron chi connectivity index (χ0n) is 16.5. The van der Waals surface area contributed by atoms with Crippen LogP contribution in [0, 0.1) is 3.57 Å². The van der Waals surface area contributed by atoms with Crippen LogP contribution < -0.4 is 19.8 Å². The Kier molecular flexibility index (Phi) is 5.11. The van der Waals surface area contributed by atoms with Crippen molar-refractivity contribution in [1.82, 2.24) is 9.55 Å². The molecule has 0 bridgehead atoms. The van der Waals surface area contributed by atoms with E-state index >= 15 is 0 Å². The lowest BCUT2D eigenvalue weighted by molar-refractivity contribution is 0.174. The predicted octanol–water partition coefficient (Wildman–Crippen LogP) is 4.90. The topological polar surface area (TPSA) is 62.6 Å². The van der Waals surface area contributed by atoms with E-state index in [9.17, 15) is 4.79 Å². The van der Waals surface area contributed by atoms with Crippen molar-refractivity contribution in [1.29, 1.82) is 0 Å². The number of benzene rings is 3. The number of fused-ring (bicyclic) bond motifs is 2. The fourth-order valence-electron chi connectivity index (χ4n) is 3.46. The van der Waals surface area contributed by atoms with Crippen LogP contribution in [0.5, 0.6) is 17.2 Å². The summed E-state index contributed by atoms with van der Waals surface area (Å²) in [5.41, 5.74) is 2.16. The first kappa shape index (κ1) is 19.6. The molecule has 0 N–H and O–H groups in total. The molecule has 0 fully saturated rings. The van der Waals surface area contributed by atoms with Crippen LogP contribution in [-0.2, 0) is 0 Å². The number of methoxy groups -OCH3 is 1. The maximum absolute atomic E-state index is 13.4. The van der Waals surface area contributed by atoms with Crippen molar-refractivity contribution in [2.24, 2.45) is 0 Å². The Balaban J connectivity index is 1.66. The lowest BCUT2D eigenvalue weighted by Crippen LogP contribution is -2.22. The molecule has 0 atom stereocenters. The fraction of sp³-hybridized carbons (Fsp3) is 0.0833.